The summed E-state index contributed by atoms with van der Waals surface area (Å²) in [6.45, 7) is 1.05. The molecule has 0 atom stereocenters. The Balaban J connectivity index is 0.00000144. The molecule has 13 heavy (non-hydrogen) atoms. The molecule has 0 aromatic heterocycles. The van der Waals surface area contributed by atoms with Crippen molar-refractivity contribution >= 4 is 18.3 Å². The van der Waals surface area contributed by atoms with Crippen molar-refractivity contribution < 1.29 is 22.4 Å². The monoisotopic (exact) mass is 378 g/mol. The number of nitrogens with one attached hydrogen (secondary N) is 1. The van der Waals surface area contributed by atoms with E-state index in [-0.39, 0.29) is 22.4 Å². The third kappa shape index (κ3) is 6.22. The summed E-state index contributed by atoms with van der Waals surface area (Å²) in [4.78, 5) is 0. The molecule has 1 aromatic rings. The molecule has 77 valence electrons. The summed E-state index contributed by atoms with van der Waals surface area (Å²) < 4.78 is 0. The zero-order valence-electron chi connectivity index (χ0n) is 7.46. The van der Waals surface area contributed by atoms with E-state index >= 15 is 0 Å². The van der Waals surface area contributed by atoms with Crippen LogP contribution in [-0.2, 0) is 22.4 Å². The Morgan fingerprint density at radius 1 is 1.08 bits per heavy atom. The molecule has 1 N–H and O–H groups in total. The molecule has 0 aliphatic carbocycles. The van der Waals surface area contributed by atoms with E-state index in [1.165, 1.54) is 18.5 Å². The number of benzene rings is 1. The molecule has 0 amide bonds. The van der Waals surface area contributed by atoms with Gasteiger partial charge in [-0.25, -0.2) is 0 Å². The number of unbranched alkanes of at least 4 members (excludes halogenated alkanes) is 1. The van der Waals surface area contributed by atoms with E-state index in [4.69, 9.17) is 0 Å². The van der Waals surface area contributed by atoms with Gasteiger partial charge >= 0.3 is 0 Å². The van der Waals surface area contributed by atoms with Gasteiger partial charge in [0.05, 0.1) is 0 Å². The molecule has 0 heterocycles. The summed E-state index contributed by atoms with van der Waals surface area (Å²) in [5.74, 6) is 0.983. The summed E-state index contributed by atoms with van der Waals surface area (Å²) >= 11 is 4.15. The zero-order valence-corrected chi connectivity index (χ0v) is 10.5. The molecule has 0 spiro atoms. The fourth-order valence-corrected chi connectivity index (χ4v) is 1.25. The van der Waals surface area contributed by atoms with E-state index < -0.39 is 0 Å². The van der Waals surface area contributed by atoms with E-state index in [0.717, 1.165) is 12.3 Å². The van der Waals surface area contributed by atoms with Crippen LogP contribution in [-0.4, -0.2) is 12.3 Å². The third-order valence-corrected chi connectivity index (χ3v) is 2.00. The van der Waals surface area contributed by atoms with E-state index in [1.807, 2.05) is 18.2 Å². The Kier molecular flexibility index (Phi) is 8.77. The molecular formula is C10H15AuNS. The number of anilines is 1. The van der Waals surface area contributed by atoms with Crippen LogP contribution in [0.1, 0.15) is 12.8 Å². The second kappa shape index (κ2) is 8.70. The fourth-order valence-electron chi connectivity index (χ4n) is 1.03. The van der Waals surface area contributed by atoms with E-state index in [1.54, 1.807) is 0 Å². The second-order valence-electron chi connectivity index (χ2n) is 2.72. The second-order valence-corrected chi connectivity index (χ2v) is 3.17. The van der Waals surface area contributed by atoms with Gasteiger partial charge in [-0.2, -0.15) is 12.6 Å². The third-order valence-electron chi connectivity index (χ3n) is 1.69. The Hall–Kier alpha value is 0.110. The number of rotatable bonds is 5. The average Bonchev–Trinajstić information content (AvgIpc) is 2.14. The van der Waals surface area contributed by atoms with E-state index in [2.05, 4.69) is 30.1 Å². The van der Waals surface area contributed by atoms with Crippen molar-refractivity contribution in [1.29, 1.82) is 0 Å². The van der Waals surface area contributed by atoms with Crippen molar-refractivity contribution in [2.75, 3.05) is 17.6 Å². The minimum absolute atomic E-state index is 0. The fraction of sp³-hybridized carbons (Fsp3) is 0.400. The topological polar surface area (TPSA) is 12.0 Å². The van der Waals surface area contributed by atoms with Crippen LogP contribution in [0.3, 0.4) is 0 Å². The minimum Gasteiger partial charge on any atom is -0.385 e. The van der Waals surface area contributed by atoms with Crippen LogP contribution in [0, 0.1) is 0 Å². The standard InChI is InChI=1S/C10H15NS.Au/c12-9-5-4-8-11-10-6-2-1-3-7-10;/h1-3,6-7,11-12H,4-5,8-9H2;. The normalized spacial score (nSPS) is 9.00. The molecule has 0 bridgehead atoms. The molecule has 0 saturated heterocycles. The van der Waals surface area contributed by atoms with Crippen LogP contribution in [0.5, 0.6) is 0 Å². The van der Waals surface area contributed by atoms with E-state index in [0.29, 0.717) is 0 Å². The number of para-hydroxylation sites is 1. The Morgan fingerprint density at radius 2 is 1.77 bits per heavy atom. The first kappa shape index (κ1) is 13.1. The van der Waals surface area contributed by atoms with Crippen molar-refractivity contribution in [3.05, 3.63) is 30.3 Å². The van der Waals surface area contributed by atoms with E-state index in [9.17, 15) is 0 Å². The maximum atomic E-state index is 4.15. The molecule has 3 heteroatoms. The largest absolute Gasteiger partial charge is 0.385 e. The molecule has 0 aliphatic heterocycles. The van der Waals surface area contributed by atoms with Crippen LogP contribution in [0.2, 0.25) is 0 Å². The summed E-state index contributed by atoms with van der Waals surface area (Å²) in [6, 6.07) is 10.3. The first-order chi connectivity index (χ1) is 5.93. The van der Waals surface area contributed by atoms with Crippen molar-refractivity contribution in [2.24, 2.45) is 0 Å². The van der Waals surface area contributed by atoms with Gasteiger partial charge in [-0.1, -0.05) is 18.2 Å². The van der Waals surface area contributed by atoms with Gasteiger partial charge in [-0.15, -0.1) is 0 Å². The Bertz CT molecular complexity index is 203. The van der Waals surface area contributed by atoms with Crippen LogP contribution < -0.4 is 5.32 Å². The Labute approximate surface area is 101 Å². The van der Waals surface area contributed by atoms with Crippen LogP contribution in [0.4, 0.5) is 5.69 Å². The molecule has 0 aliphatic rings. The minimum atomic E-state index is 0. The predicted octanol–water partition coefficient (Wildman–Crippen LogP) is 2.81. The summed E-state index contributed by atoms with van der Waals surface area (Å²) in [7, 11) is 0. The first-order valence-corrected chi connectivity index (χ1v) is 4.96. The molecular weight excluding hydrogens is 363 g/mol. The summed E-state index contributed by atoms with van der Waals surface area (Å²) in [5, 5.41) is 3.35. The van der Waals surface area contributed by atoms with Crippen LogP contribution in [0.15, 0.2) is 30.3 Å². The van der Waals surface area contributed by atoms with Gasteiger partial charge in [0.1, 0.15) is 0 Å². The zero-order chi connectivity index (χ0) is 8.65. The maximum absolute atomic E-state index is 4.15. The number of hydrogen-bond acceptors (Lipinski definition) is 2. The Morgan fingerprint density at radius 3 is 2.38 bits per heavy atom. The van der Waals surface area contributed by atoms with Gasteiger partial charge in [0, 0.05) is 34.6 Å². The molecule has 0 fully saturated rings. The van der Waals surface area contributed by atoms with Gasteiger partial charge in [-0.3, -0.25) is 0 Å². The van der Waals surface area contributed by atoms with Crippen molar-refractivity contribution in [1.82, 2.24) is 0 Å². The molecule has 0 saturated carbocycles. The molecule has 1 nitrogen and oxygen atoms in total. The molecule has 1 rings (SSSR count). The molecule has 1 radical (unpaired) electrons. The number of thiol groups is 1. The molecule has 1 aromatic carbocycles. The van der Waals surface area contributed by atoms with Gasteiger partial charge in [0.15, 0.2) is 0 Å². The van der Waals surface area contributed by atoms with Gasteiger partial charge < -0.3 is 5.32 Å². The smallest absolute Gasteiger partial charge is 0.0340 e. The van der Waals surface area contributed by atoms with Crippen LogP contribution >= 0.6 is 12.6 Å². The van der Waals surface area contributed by atoms with Gasteiger partial charge in [-0.05, 0) is 30.7 Å². The van der Waals surface area contributed by atoms with Gasteiger partial charge in [0.2, 0.25) is 0 Å². The van der Waals surface area contributed by atoms with Crippen LogP contribution in [0.25, 0.3) is 0 Å². The van der Waals surface area contributed by atoms with Crippen molar-refractivity contribution in [3.8, 4) is 0 Å². The maximum Gasteiger partial charge on any atom is 0.0340 e. The average molecular weight is 378 g/mol. The van der Waals surface area contributed by atoms with Crippen molar-refractivity contribution in [2.45, 2.75) is 12.8 Å². The van der Waals surface area contributed by atoms with Crippen molar-refractivity contribution in [3.63, 3.8) is 0 Å². The summed E-state index contributed by atoms with van der Waals surface area (Å²) in [6.07, 6.45) is 2.38. The quantitative estimate of drug-likeness (QED) is 0.456. The predicted molar refractivity (Wildman–Crippen MR) is 58.0 cm³/mol. The van der Waals surface area contributed by atoms with Gasteiger partial charge in [0.25, 0.3) is 0 Å². The molecule has 0 unspecified atom stereocenters. The first-order valence-electron chi connectivity index (χ1n) is 4.33. The SMILES string of the molecule is SCCCCNc1ccccc1.[Au]. The number of hydrogen-bond donors (Lipinski definition) is 2. The summed E-state index contributed by atoms with van der Waals surface area (Å²) in [5.41, 5.74) is 1.21.